The van der Waals surface area contributed by atoms with E-state index < -0.39 is 0 Å². The fourth-order valence-corrected chi connectivity index (χ4v) is 2.76. The molecule has 1 aromatic carbocycles. The molecule has 1 aromatic rings. The van der Waals surface area contributed by atoms with Gasteiger partial charge in [-0.3, -0.25) is 0 Å². The summed E-state index contributed by atoms with van der Waals surface area (Å²) in [7, 11) is 0. The van der Waals surface area contributed by atoms with Crippen molar-refractivity contribution in [3.05, 3.63) is 29.0 Å². The first kappa shape index (κ1) is 11.3. The van der Waals surface area contributed by atoms with Crippen molar-refractivity contribution in [1.29, 1.82) is 0 Å². The number of nitrogens with zero attached hydrogens (tertiary/aromatic N) is 1. The molecule has 1 aliphatic carbocycles. The van der Waals surface area contributed by atoms with Crippen molar-refractivity contribution in [2.75, 3.05) is 18.0 Å². The van der Waals surface area contributed by atoms with E-state index in [1.807, 2.05) is 0 Å². The van der Waals surface area contributed by atoms with Crippen LogP contribution in [0.3, 0.4) is 0 Å². The van der Waals surface area contributed by atoms with Crippen LogP contribution in [0, 0.1) is 5.82 Å². The van der Waals surface area contributed by atoms with E-state index in [2.05, 4.69) is 10.2 Å². The molecule has 92 valence electrons. The summed E-state index contributed by atoms with van der Waals surface area (Å²) in [5.74, 6) is -0.218. The van der Waals surface area contributed by atoms with Gasteiger partial charge in [0.2, 0.25) is 0 Å². The van der Waals surface area contributed by atoms with Gasteiger partial charge in [0.05, 0.1) is 10.7 Å². The fourth-order valence-electron chi connectivity index (χ4n) is 2.47. The molecule has 2 aliphatic rings. The number of anilines is 1. The molecule has 0 spiro atoms. The average molecular weight is 255 g/mol. The summed E-state index contributed by atoms with van der Waals surface area (Å²) in [6, 6.07) is 6.07. The van der Waals surface area contributed by atoms with Gasteiger partial charge in [0.25, 0.3) is 0 Å². The standard InChI is InChI=1S/C13H16ClFN2/c14-11-2-1-3-12(15)13(11)17-7-6-10(8-17)16-9-4-5-9/h1-3,9-10,16H,4-8H2. The van der Waals surface area contributed by atoms with Gasteiger partial charge >= 0.3 is 0 Å². The Hall–Kier alpha value is -0.800. The Bertz CT molecular complexity index is 400. The molecule has 1 saturated heterocycles. The van der Waals surface area contributed by atoms with Crippen LogP contribution in [-0.4, -0.2) is 25.2 Å². The summed E-state index contributed by atoms with van der Waals surface area (Å²) in [4.78, 5) is 2.05. The van der Waals surface area contributed by atoms with Crippen molar-refractivity contribution in [3.63, 3.8) is 0 Å². The summed E-state index contributed by atoms with van der Waals surface area (Å²) in [5.41, 5.74) is 0.564. The predicted octanol–water partition coefficient (Wildman–Crippen LogP) is 2.81. The number of rotatable bonds is 3. The van der Waals surface area contributed by atoms with E-state index in [-0.39, 0.29) is 5.82 Å². The third kappa shape index (κ3) is 2.40. The lowest BCUT2D eigenvalue weighted by atomic mass is 10.2. The van der Waals surface area contributed by atoms with Crippen molar-refractivity contribution in [1.82, 2.24) is 5.32 Å². The number of halogens is 2. The van der Waals surface area contributed by atoms with Gasteiger partial charge in [0, 0.05) is 25.2 Å². The molecule has 17 heavy (non-hydrogen) atoms. The zero-order valence-corrected chi connectivity index (χ0v) is 10.4. The van der Waals surface area contributed by atoms with Crippen LogP contribution in [0.25, 0.3) is 0 Å². The van der Waals surface area contributed by atoms with Gasteiger partial charge in [-0.15, -0.1) is 0 Å². The first-order valence-corrected chi connectivity index (χ1v) is 6.57. The minimum absolute atomic E-state index is 0.218. The Labute approximate surface area is 106 Å². The smallest absolute Gasteiger partial charge is 0.148 e. The third-order valence-electron chi connectivity index (χ3n) is 3.49. The largest absolute Gasteiger partial charge is 0.366 e. The van der Waals surface area contributed by atoms with Crippen LogP contribution in [0.15, 0.2) is 18.2 Å². The molecule has 1 heterocycles. The quantitative estimate of drug-likeness (QED) is 0.892. The Kier molecular flexibility index (Phi) is 2.97. The first-order chi connectivity index (χ1) is 8.24. The molecule has 1 atom stereocenters. The van der Waals surface area contributed by atoms with E-state index in [4.69, 9.17) is 11.6 Å². The SMILES string of the molecule is Fc1cccc(Cl)c1N1CCC(NC2CC2)C1. The lowest BCUT2D eigenvalue weighted by molar-refractivity contribution is 0.547. The maximum atomic E-state index is 13.8. The van der Waals surface area contributed by atoms with Crippen LogP contribution in [-0.2, 0) is 0 Å². The van der Waals surface area contributed by atoms with E-state index in [0.29, 0.717) is 22.8 Å². The van der Waals surface area contributed by atoms with Gasteiger partial charge in [0.15, 0.2) is 0 Å². The molecule has 4 heteroatoms. The van der Waals surface area contributed by atoms with E-state index in [1.165, 1.54) is 18.9 Å². The Morgan fingerprint density at radius 1 is 1.24 bits per heavy atom. The number of nitrogens with one attached hydrogen (secondary N) is 1. The van der Waals surface area contributed by atoms with Gasteiger partial charge in [-0.25, -0.2) is 4.39 Å². The third-order valence-corrected chi connectivity index (χ3v) is 3.80. The summed E-state index contributed by atoms with van der Waals surface area (Å²) >= 11 is 6.07. The second-order valence-electron chi connectivity index (χ2n) is 4.94. The van der Waals surface area contributed by atoms with Crippen molar-refractivity contribution in [2.24, 2.45) is 0 Å². The summed E-state index contributed by atoms with van der Waals surface area (Å²) in [6.45, 7) is 1.74. The highest BCUT2D eigenvalue weighted by Gasteiger charge is 2.30. The molecule has 1 saturated carbocycles. The lowest BCUT2D eigenvalue weighted by Gasteiger charge is -2.20. The summed E-state index contributed by atoms with van der Waals surface area (Å²) in [5, 5.41) is 4.10. The Morgan fingerprint density at radius 3 is 2.76 bits per heavy atom. The topological polar surface area (TPSA) is 15.3 Å². The molecular weight excluding hydrogens is 239 g/mol. The van der Waals surface area contributed by atoms with Crippen LogP contribution < -0.4 is 10.2 Å². The molecular formula is C13H16ClFN2. The first-order valence-electron chi connectivity index (χ1n) is 6.19. The zero-order valence-electron chi connectivity index (χ0n) is 9.63. The summed E-state index contributed by atoms with van der Waals surface area (Å²) in [6.07, 6.45) is 3.65. The number of benzene rings is 1. The Morgan fingerprint density at radius 2 is 2.06 bits per heavy atom. The maximum absolute atomic E-state index is 13.8. The summed E-state index contributed by atoms with van der Waals surface area (Å²) < 4.78 is 13.8. The van der Waals surface area contributed by atoms with Gasteiger partial charge in [0.1, 0.15) is 5.82 Å². The van der Waals surface area contributed by atoms with Crippen molar-refractivity contribution in [3.8, 4) is 0 Å². The monoisotopic (exact) mass is 254 g/mol. The van der Waals surface area contributed by atoms with Gasteiger partial charge in [-0.2, -0.15) is 0 Å². The lowest BCUT2D eigenvalue weighted by Crippen LogP contribution is -2.34. The second-order valence-corrected chi connectivity index (χ2v) is 5.35. The molecule has 3 rings (SSSR count). The van der Waals surface area contributed by atoms with E-state index >= 15 is 0 Å². The van der Waals surface area contributed by atoms with Crippen LogP contribution >= 0.6 is 11.6 Å². The van der Waals surface area contributed by atoms with Crippen LogP contribution in [0.5, 0.6) is 0 Å². The second kappa shape index (κ2) is 4.46. The molecule has 1 unspecified atom stereocenters. The van der Waals surface area contributed by atoms with Crippen molar-refractivity contribution < 1.29 is 4.39 Å². The van der Waals surface area contributed by atoms with E-state index in [1.54, 1.807) is 12.1 Å². The minimum atomic E-state index is -0.218. The normalized spacial score (nSPS) is 24.4. The highest BCUT2D eigenvalue weighted by atomic mass is 35.5. The Balaban J connectivity index is 1.72. The van der Waals surface area contributed by atoms with Crippen LogP contribution in [0.1, 0.15) is 19.3 Å². The molecule has 0 amide bonds. The molecule has 1 aliphatic heterocycles. The van der Waals surface area contributed by atoms with Gasteiger partial charge in [-0.05, 0) is 31.4 Å². The van der Waals surface area contributed by atoms with Crippen LogP contribution in [0.2, 0.25) is 5.02 Å². The highest BCUT2D eigenvalue weighted by Crippen LogP contribution is 2.32. The molecule has 1 N–H and O–H groups in total. The average Bonchev–Trinajstić information content (AvgIpc) is 2.97. The van der Waals surface area contributed by atoms with Crippen molar-refractivity contribution >= 4 is 17.3 Å². The molecule has 2 fully saturated rings. The number of para-hydroxylation sites is 1. The number of hydrogen-bond donors (Lipinski definition) is 1. The van der Waals surface area contributed by atoms with Gasteiger partial charge in [-0.1, -0.05) is 17.7 Å². The molecule has 2 nitrogen and oxygen atoms in total. The fraction of sp³-hybridized carbons (Fsp3) is 0.538. The van der Waals surface area contributed by atoms with Crippen molar-refractivity contribution in [2.45, 2.75) is 31.3 Å². The van der Waals surface area contributed by atoms with E-state index in [9.17, 15) is 4.39 Å². The molecule has 0 radical (unpaired) electrons. The number of hydrogen-bond acceptors (Lipinski definition) is 2. The molecule has 0 aromatic heterocycles. The van der Waals surface area contributed by atoms with E-state index in [0.717, 1.165) is 19.5 Å². The predicted molar refractivity (Wildman–Crippen MR) is 68.2 cm³/mol. The molecule has 0 bridgehead atoms. The maximum Gasteiger partial charge on any atom is 0.148 e. The van der Waals surface area contributed by atoms with Crippen LogP contribution in [0.4, 0.5) is 10.1 Å². The highest BCUT2D eigenvalue weighted by molar-refractivity contribution is 6.33. The zero-order chi connectivity index (χ0) is 11.8. The minimum Gasteiger partial charge on any atom is -0.366 e. The van der Waals surface area contributed by atoms with Gasteiger partial charge < -0.3 is 10.2 Å².